The fourth-order valence-electron chi connectivity index (χ4n) is 3.14. The molecule has 0 amide bonds. The number of nitrogens with zero attached hydrogens (tertiary/aromatic N) is 1. The van der Waals surface area contributed by atoms with Gasteiger partial charge in [0.05, 0.1) is 11.7 Å². The van der Waals surface area contributed by atoms with E-state index in [2.05, 4.69) is 0 Å². The van der Waals surface area contributed by atoms with Gasteiger partial charge in [0.2, 0.25) is 5.78 Å². The first-order chi connectivity index (χ1) is 13.0. The molecule has 5 nitrogen and oxygen atoms in total. The quantitative estimate of drug-likeness (QED) is 0.409. The van der Waals surface area contributed by atoms with Crippen LogP contribution in [0.2, 0.25) is 0 Å². The van der Waals surface area contributed by atoms with Gasteiger partial charge in [-0.1, -0.05) is 12.1 Å². The molecule has 0 saturated carbocycles. The Morgan fingerprint density at radius 1 is 1.26 bits per heavy atom. The van der Waals surface area contributed by atoms with Crippen molar-refractivity contribution in [2.75, 3.05) is 19.0 Å². The molecule has 1 atom stereocenters. The predicted molar refractivity (Wildman–Crippen MR) is 106 cm³/mol. The molecular formula is C21H25NO4S. The van der Waals surface area contributed by atoms with Crippen molar-refractivity contribution in [1.29, 1.82) is 0 Å². The lowest BCUT2D eigenvalue weighted by atomic mass is 10.1. The summed E-state index contributed by atoms with van der Waals surface area (Å²) in [7, 11) is 1.91. The van der Waals surface area contributed by atoms with Gasteiger partial charge in [0, 0.05) is 41.3 Å². The molecule has 0 unspecified atom stereocenters. The Morgan fingerprint density at radius 2 is 2.04 bits per heavy atom. The molecule has 0 spiro atoms. The number of rotatable bonds is 7. The van der Waals surface area contributed by atoms with Crippen LogP contribution >= 0.6 is 11.8 Å². The minimum Gasteiger partial charge on any atom is -0.454 e. The van der Waals surface area contributed by atoms with Crippen LogP contribution in [0.15, 0.2) is 35.2 Å². The number of esters is 1. The topological polar surface area (TPSA) is 57.5 Å². The number of Topliss-reactive ketones (excluding diaryl/α,β-unsaturated/α-hetero) is 1. The Kier molecular flexibility index (Phi) is 6.39. The fraction of sp³-hybridized carbons (Fsp3) is 0.429. The molecule has 6 heteroatoms. The zero-order valence-electron chi connectivity index (χ0n) is 16.0. The van der Waals surface area contributed by atoms with Crippen LogP contribution in [-0.4, -0.2) is 41.4 Å². The molecule has 1 aliphatic heterocycles. The van der Waals surface area contributed by atoms with Crippen molar-refractivity contribution in [3.8, 4) is 0 Å². The second-order valence-electron chi connectivity index (χ2n) is 6.79. The van der Waals surface area contributed by atoms with E-state index in [-0.39, 0.29) is 18.5 Å². The summed E-state index contributed by atoms with van der Waals surface area (Å²) < 4.78 is 12.9. The number of aryl methyl sites for hydroxylation is 1. The third-order valence-corrected chi connectivity index (χ3v) is 6.17. The van der Waals surface area contributed by atoms with E-state index in [1.54, 1.807) is 23.9 Å². The SMILES string of the molecule is Cc1cc(C(=O)COC(=O)c2ccccc2SC[C@@H]2CCCO2)c(C)n1C. The summed E-state index contributed by atoms with van der Waals surface area (Å²) in [6.45, 7) is 4.39. The molecule has 0 aliphatic carbocycles. The largest absolute Gasteiger partial charge is 0.454 e. The average molecular weight is 388 g/mol. The fourth-order valence-corrected chi connectivity index (χ4v) is 4.25. The second kappa shape index (κ2) is 8.76. The Balaban J connectivity index is 1.62. The van der Waals surface area contributed by atoms with Gasteiger partial charge < -0.3 is 14.0 Å². The molecular weight excluding hydrogens is 362 g/mol. The van der Waals surface area contributed by atoms with Crippen molar-refractivity contribution in [1.82, 2.24) is 4.57 Å². The number of carbonyl (C=O) groups is 2. The van der Waals surface area contributed by atoms with E-state index in [0.29, 0.717) is 11.1 Å². The van der Waals surface area contributed by atoms with Gasteiger partial charge in [0.25, 0.3) is 0 Å². The third-order valence-electron chi connectivity index (χ3n) is 4.97. The summed E-state index contributed by atoms with van der Waals surface area (Å²) in [5.74, 6) is 0.157. The first-order valence-electron chi connectivity index (χ1n) is 9.14. The van der Waals surface area contributed by atoms with Gasteiger partial charge in [0.15, 0.2) is 6.61 Å². The van der Waals surface area contributed by atoms with E-state index >= 15 is 0 Å². The summed E-state index contributed by atoms with van der Waals surface area (Å²) in [6, 6.07) is 9.18. The number of carbonyl (C=O) groups excluding carboxylic acids is 2. The average Bonchev–Trinajstić information content (AvgIpc) is 3.28. The molecule has 2 heterocycles. The highest BCUT2D eigenvalue weighted by molar-refractivity contribution is 7.99. The van der Waals surface area contributed by atoms with Gasteiger partial charge >= 0.3 is 5.97 Å². The molecule has 2 aromatic rings. The lowest BCUT2D eigenvalue weighted by Crippen LogP contribution is -2.16. The minimum atomic E-state index is -0.468. The smallest absolute Gasteiger partial charge is 0.339 e. The maximum atomic E-state index is 12.5. The first-order valence-corrected chi connectivity index (χ1v) is 10.1. The van der Waals surface area contributed by atoms with Crippen molar-refractivity contribution in [3.63, 3.8) is 0 Å². The third kappa shape index (κ3) is 4.62. The van der Waals surface area contributed by atoms with E-state index in [0.717, 1.165) is 41.5 Å². The van der Waals surface area contributed by atoms with E-state index < -0.39 is 5.97 Å². The highest BCUT2D eigenvalue weighted by atomic mass is 32.2. The van der Waals surface area contributed by atoms with Crippen molar-refractivity contribution < 1.29 is 19.1 Å². The Morgan fingerprint density at radius 3 is 2.70 bits per heavy atom. The van der Waals surface area contributed by atoms with Crippen molar-refractivity contribution in [3.05, 3.63) is 52.8 Å². The maximum absolute atomic E-state index is 12.5. The summed E-state index contributed by atoms with van der Waals surface area (Å²) in [6.07, 6.45) is 2.39. The van der Waals surface area contributed by atoms with Gasteiger partial charge in [-0.25, -0.2) is 4.79 Å². The second-order valence-corrected chi connectivity index (χ2v) is 7.85. The molecule has 1 fully saturated rings. The van der Waals surface area contributed by atoms with Crippen LogP contribution in [0.1, 0.15) is 44.9 Å². The predicted octanol–water partition coefficient (Wildman–Crippen LogP) is 3.95. The van der Waals surface area contributed by atoms with Crippen LogP contribution in [0.4, 0.5) is 0 Å². The van der Waals surface area contributed by atoms with Crippen LogP contribution in [0.25, 0.3) is 0 Å². The standard InChI is InChI=1S/C21H25NO4S/c1-14-11-18(15(2)22(14)3)19(23)12-26-21(24)17-8-4-5-9-20(17)27-13-16-7-6-10-25-16/h4-5,8-9,11,16H,6-7,10,12-13H2,1-3H3/t16-/m0/s1. The van der Waals surface area contributed by atoms with Crippen LogP contribution in [-0.2, 0) is 16.5 Å². The number of ether oxygens (including phenoxy) is 2. The zero-order chi connectivity index (χ0) is 19.4. The number of ketones is 1. The van der Waals surface area contributed by atoms with E-state index in [1.807, 2.05) is 43.7 Å². The van der Waals surface area contributed by atoms with Crippen LogP contribution in [0.3, 0.4) is 0 Å². The Bertz CT molecular complexity index is 837. The molecule has 1 aromatic heterocycles. The van der Waals surface area contributed by atoms with Crippen molar-refractivity contribution >= 4 is 23.5 Å². The summed E-state index contributed by atoms with van der Waals surface area (Å²) in [5, 5.41) is 0. The monoisotopic (exact) mass is 387 g/mol. The zero-order valence-corrected chi connectivity index (χ0v) is 16.8. The van der Waals surface area contributed by atoms with Gasteiger partial charge in [-0.05, 0) is 44.9 Å². The molecule has 0 N–H and O–H groups in total. The van der Waals surface area contributed by atoms with Crippen LogP contribution < -0.4 is 0 Å². The number of hydrogen-bond acceptors (Lipinski definition) is 5. The lowest BCUT2D eigenvalue weighted by molar-refractivity contribution is 0.0471. The molecule has 0 bridgehead atoms. The number of aromatic nitrogens is 1. The maximum Gasteiger partial charge on any atom is 0.339 e. The number of thioether (sulfide) groups is 1. The number of hydrogen-bond donors (Lipinski definition) is 0. The van der Waals surface area contributed by atoms with Gasteiger partial charge in [0.1, 0.15) is 0 Å². The Hall–Kier alpha value is -2.05. The molecule has 144 valence electrons. The Labute approximate surface area is 164 Å². The summed E-state index contributed by atoms with van der Waals surface area (Å²) >= 11 is 1.60. The van der Waals surface area contributed by atoms with E-state index in [9.17, 15) is 9.59 Å². The minimum absolute atomic E-state index is 0.186. The molecule has 1 saturated heterocycles. The normalized spacial score (nSPS) is 16.5. The van der Waals surface area contributed by atoms with Gasteiger partial charge in [-0.3, -0.25) is 4.79 Å². The van der Waals surface area contributed by atoms with Crippen molar-refractivity contribution in [2.45, 2.75) is 37.7 Å². The molecule has 3 rings (SSSR count). The molecule has 1 aliphatic rings. The number of benzene rings is 1. The summed E-state index contributed by atoms with van der Waals surface area (Å²) in [5.41, 5.74) is 2.97. The molecule has 0 radical (unpaired) electrons. The highest BCUT2D eigenvalue weighted by Gasteiger charge is 2.20. The summed E-state index contributed by atoms with van der Waals surface area (Å²) in [4.78, 5) is 25.8. The van der Waals surface area contributed by atoms with E-state index in [4.69, 9.17) is 9.47 Å². The van der Waals surface area contributed by atoms with E-state index in [1.165, 1.54) is 0 Å². The lowest BCUT2D eigenvalue weighted by Gasteiger charge is -2.12. The van der Waals surface area contributed by atoms with Crippen molar-refractivity contribution in [2.24, 2.45) is 7.05 Å². The van der Waals surface area contributed by atoms with Crippen LogP contribution in [0, 0.1) is 13.8 Å². The van der Waals surface area contributed by atoms with Gasteiger partial charge in [-0.2, -0.15) is 0 Å². The van der Waals surface area contributed by atoms with Crippen LogP contribution in [0.5, 0.6) is 0 Å². The molecule has 27 heavy (non-hydrogen) atoms. The molecule has 1 aromatic carbocycles. The van der Waals surface area contributed by atoms with Gasteiger partial charge in [-0.15, -0.1) is 11.8 Å². The first kappa shape index (κ1) is 19.7. The highest BCUT2D eigenvalue weighted by Crippen LogP contribution is 2.27.